The number of nitrogens with zero attached hydrogens (tertiary/aromatic N) is 2. The van der Waals surface area contributed by atoms with Gasteiger partial charge in [-0.3, -0.25) is 9.98 Å². The maximum Gasteiger partial charge on any atom is 0.190 e. The van der Waals surface area contributed by atoms with Gasteiger partial charge in [-0.1, -0.05) is 25.3 Å². The molecule has 0 unspecified atom stereocenters. The van der Waals surface area contributed by atoms with Gasteiger partial charge >= 0.3 is 0 Å². The molecular weight excluding hydrogens is 415 g/mol. The number of hydrogen-bond acceptors (Lipinski definition) is 3. The molecule has 2 rings (SSSR count). The van der Waals surface area contributed by atoms with Crippen molar-refractivity contribution in [1.82, 2.24) is 15.6 Å². The van der Waals surface area contributed by atoms with Gasteiger partial charge in [0.05, 0.1) is 6.10 Å². The van der Waals surface area contributed by atoms with Gasteiger partial charge in [0.15, 0.2) is 5.96 Å². The summed E-state index contributed by atoms with van der Waals surface area (Å²) in [5.41, 5.74) is 1.09. The van der Waals surface area contributed by atoms with Crippen molar-refractivity contribution in [2.75, 3.05) is 26.7 Å². The van der Waals surface area contributed by atoms with Gasteiger partial charge < -0.3 is 15.4 Å². The molecule has 0 radical (unpaired) electrons. The largest absolute Gasteiger partial charge is 0.378 e. The molecule has 6 heteroatoms. The Balaban J connectivity index is 0.00000288. The predicted octanol–water partition coefficient (Wildman–Crippen LogP) is 3.15. The highest BCUT2D eigenvalue weighted by Crippen LogP contribution is 2.20. The molecule has 24 heavy (non-hydrogen) atoms. The number of pyridine rings is 1. The summed E-state index contributed by atoms with van der Waals surface area (Å²) in [6.45, 7) is 2.55. The van der Waals surface area contributed by atoms with Crippen molar-refractivity contribution in [3.05, 3.63) is 30.1 Å². The van der Waals surface area contributed by atoms with Crippen LogP contribution in [0.1, 0.15) is 44.2 Å². The molecule has 5 nitrogen and oxygen atoms in total. The summed E-state index contributed by atoms with van der Waals surface area (Å²) in [5.74, 6) is 0.846. The second-order valence-corrected chi connectivity index (χ2v) is 5.98. The molecule has 1 fully saturated rings. The van der Waals surface area contributed by atoms with Gasteiger partial charge in [-0.25, -0.2) is 0 Å². The summed E-state index contributed by atoms with van der Waals surface area (Å²) < 4.78 is 5.93. The van der Waals surface area contributed by atoms with E-state index in [0.29, 0.717) is 6.10 Å². The first kappa shape index (κ1) is 21.2. The number of aromatic nitrogens is 1. The third-order valence-corrected chi connectivity index (χ3v) is 4.14. The van der Waals surface area contributed by atoms with E-state index in [4.69, 9.17) is 4.74 Å². The molecule has 1 aromatic heterocycles. The lowest BCUT2D eigenvalue weighted by Crippen LogP contribution is -2.39. The lowest BCUT2D eigenvalue weighted by atomic mass is 9.98. The zero-order chi connectivity index (χ0) is 16.2. The first-order valence-electron chi connectivity index (χ1n) is 8.84. The molecule has 2 N–H and O–H groups in total. The molecule has 0 saturated heterocycles. The summed E-state index contributed by atoms with van der Waals surface area (Å²) in [5, 5.41) is 6.65. The summed E-state index contributed by atoms with van der Waals surface area (Å²) in [6, 6.07) is 6.00. The van der Waals surface area contributed by atoms with Gasteiger partial charge in [0.1, 0.15) is 0 Å². The van der Waals surface area contributed by atoms with Crippen LogP contribution >= 0.6 is 24.0 Å². The normalized spacial score (nSPS) is 15.6. The lowest BCUT2D eigenvalue weighted by molar-refractivity contribution is 0.0277. The number of halogens is 1. The van der Waals surface area contributed by atoms with E-state index >= 15 is 0 Å². The highest BCUT2D eigenvalue weighted by molar-refractivity contribution is 14.0. The molecular formula is C18H31IN4O. The summed E-state index contributed by atoms with van der Waals surface area (Å²) in [6.07, 6.45) is 10.7. The van der Waals surface area contributed by atoms with Gasteiger partial charge in [0.25, 0.3) is 0 Å². The van der Waals surface area contributed by atoms with Crippen molar-refractivity contribution < 1.29 is 4.74 Å². The zero-order valence-corrected chi connectivity index (χ0v) is 17.0. The van der Waals surface area contributed by atoms with Crippen LogP contribution in [0, 0.1) is 0 Å². The van der Waals surface area contributed by atoms with Gasteiger partial charge in [0, 0.05) is 45.1 Å². The van der Waals surface area contributed by atoms with Crippen LogP contribution < -0.4 is 10.6 Å². The number of rotatable bonds is 8. The molecule has 1 aliphatic rings. The van der Waals surface area contributed by atoms with Crippen LogP contribution in [0.4, 0.5) is 0 Å². The molecule has 0 atom stereocenters. The van der Waals surface area contributed by atoms with Crippen LogP contribution in [0.25, 0.3) is 0 Å². The minimum Gasteiger partial charge on any atom is -0.378 e. The monoisotopic (exact) mass is 446 g/mol. The number of hydrogen-bond donors (Lipinski definition) is 2. The third-order valence-electron chi connectivity index (χ3n) is 4.14. The first-order chi connectivity index (χ1) is 11.4. The fourth-order valence-corrected chi connectivity index (χ4v) is 2.84. The second kappa shape index (κ2) is 13.4. The molecule has 1 aromatic rings. The Kier molecular flexibility index (Phi) is 11.8. The Labute approximate surface area is 163 Å². The minimum atomic E-state index is 0. The van der Waals surface area contributed by atoms with E-state index in [1.807, 2.05) is 24.4 Å². The number of ether oxygens (including phenoxy) is 1. The standard InChI is InChI=1S/C18H30N4O.HI/c1-19-18(22-14-11-16-8-5-6-12-20-16)21-13-7-15-23-17-9-3-2-4-10-17;/h5-6,8,12,17H,2-4,7,9-11,13-15H2,1H3,(H2,19,21,22);1H. The molecule has 0 amide bonds. The maximum absolute atomic E-state index is 5.93. The van der Waals surface area contributed by atoms with E-state index in [2.05, 4.69) is 20.6 Å². The van der Waals surface area contributed by atoms with Gasteiger partial charge in [0.2, 0.25) is 0 Å². The van der Waals surface area contributed by atoms with Crippen molar-refractivity contribution in [3.8, 4) is 0 Å². The summed E-state index contributed by atoms with van der Waals surface area (Å²) >= 11 is 0. The van der Waals surface area contributed by atoms with Gasteiger partial charge in [-0.15, -0.1) is 24.0 Å². The fourth-order valence-electron chi connectivity index (χ4n) is 2.84. The first-order valence-corrected chi connectivity index (χ1v) is 8.84. The van der Waals surface area contributed by atoms with Crippen molar-refractivity contribution in [3.63, 3.8) is 0 Å². The van der Waals surface area contributed by atoms with E-state index in [9.17, 15) is 0 Å². The number of guanidine groups is 1. The van der Waals surface area contributed by atoms with Crippen LogP contribution in [0.3, 0.4) is 0 Å². The van der Waals surface area contributed by atoms with Crippen molar-refractivity contribution in [2.24, 2.45) is 4.99 Å². The molecule has 1 aliphatic carbocycles. The number of nitrogens with one attached hydrogen (secondary N) is 2. The van der Waals surface area contributed by atoms with Crippen LogP contribution in [0.5, 0.6) is 0 Å². The quantitative estimate of drug-likeness (QED) is 0.279. The second-order valence-electron chi connectivity index (χ2n) is 5.98. The Hall–Kier alpha value is -0.890. The molecule has 1 saturated carbocycles. The maximum atomic E-state index is 5.93. The minimum absolute atomic E-state index is 0. The van der Waals surface area contributed by atoms with Crippen LogP contribution in [0.2, 0.25) is 0 Å². The average Bonchev–Trinajstić information content (AvgIpc) is 2.61. The third kappa shape index (κ3) is 8.82. The van der Waals surface area contributed by atoms with E-state index in [1.165, 1.54) is 32.1 Å². The average molecular weight is 446 g/mol. The van der Waals surface area contributed by atoms with E-state index in [1.54, 1.807) is 7.05 Å². The Morgan fingerprint density at radius 1 is 1.21 bits per heavy atom. The molecule has 0 spiro atoms. The van der Waals surface area contributed by atoms with Crippen molar-refractivity contribution in [1.29, 1.82) is 0 Å². The molecule has 136 valence electrons. The van der Waals surface area contributed by atoms with E-state index in [0.717, 1.165) is 44.2 Å². The highest BCUT2D eigenvalue weighted by atomic mass is 127. The Bertz CT molecular complexity index is 450. The summed E-state index contributed by atoms with van der Waals surface area (Å²) in [4.78, 5) is 8.56. The van der Waals surface area contributed by atoms with Gasteiger partial charge in [-0.2, -0.15) is 0 Å². The Morgan fingerprint density at radius 2 is 2.00 bits per heavy atom. The zero-order valence-electron chi connectivity index (χ0n) is 14.7. The van der Waals surface area contributed by atoms with E-state index < -0.39 is 0 Å². The molecule has 0 bridgehead atoms. The van der Waals surface area contributed by atoms with Crippen LogP contribution in [-0.2, 0) is 11.2 Å². The fraction of sp³-hybridized carbons (Fsp3) is 0.667. The molecule has 1 heterocycles. The van der Waals surface area contributed by atoms with Crippen LogP contribution in [-0.4, -0.2) is 43.8 Å². The molecule has 0 aromatic carbocycles. The highest BCUT2D eigenvalue weighted by Gasteiger charge is 2.12. The van der Waals surface area contributed by atoms with Gasteiger partial charge in [-0.05, 0) is 31.4 Å². The van der Waals surface area contributed by atoms with Crippen molar-refractivity contribution in [2.45, 2.75) is 51.0 Å². The topological polar surface area (TPSA) is 58.5 Å². The lowest BCUT2D eigenvalue weighted by Gasteiger charge is -2.22. The Morgan fingerprint density at radius 3 is 2.71 bits per heavy atom. The predicted molar refractivity (Wildman–Crippen MR) is 110 cm³/mol. The van der Waals surface area contributed by atoms with Crippen LogP contribution in [0.15, 0.2) is 29.4 Å². The van der Waals surface area contributed by atoms with Crippen molar-refractivity contribution >= 4 is 29.9 Å². The summed E-state index contributed by atoms with van der Waals surface area (Å²) in [7, 11) is 1.80. The van der Waals surface area contributed by atoms with E-state index in [-0.39, 0.29) is 24.0 Å². The smallest absolute Gasteiger partial charge is 0.190 e. The number of aliphatic imine (C=N–C) groups is 1. The SMILES string of the molecule is CN=C(NCCCOC1CCCCC1)NCCc1ccccn1.I. The molecule has 0 aliphatic heterocycles.